The molecule has 7 heteroatoms. The van der Waals surface area contributed by atoms with Crippen LogP contribution in [0.3, 0.4) is 0 Å². The number of hydrogen-bond acceptors (Lipinski definition) is 6. The third-order valence-corrected chi connectivity index (χ3v) is 3.95. The van der Waals surface area contributed by atoms with Gasteiger partial charge in [-0.05, 0) is 50.2 Å². The Hall–Kier alpha value is -2.80. The molecule has 122 valence electrons. The van der Waals surface area contributed by atoms with Gasteiger partial charge in [0.1, 0.15) is 10.8 Å². The van der Waals surface area contributed by atoms with Crippen molar-refractivity contribution in [3.05, 3.63) is 54.4 Å². The molecule has 1 amide bonds. The average Bonchev–Trinajstić information content (AvgIpc) is 3.04. The van der Waals surface area contributed by atoms with E-state index in [0.29, 0.717) is 10.7 Å². The van der Waals surface area contributed by atoms with Crippen LogP contribution in [-0.4, -0.2) is 27.2 Å². The molecule has 0 atom stereocenters. The van der Waals surface area contributed by atoms with Gasteiger partial charge in [-0.25, -0.2) is 0 Å². The van der Waals surface area contributed by atoms with Gasteiger partial charge >= 0.3 is 0 Å². The summed E-state index contributed by atoms with van der Waals surface area (Å²) in [5.41, 5.74) is 1.45. The van der Waals surface area contributed by atoms with E-state index >= 15 is 0 Å². The summed E-state index contributed by atoms with van der Waals surface area (Å²) in [6, 6.07) is 10.7. The third kappa shape index (κ3) is 3.94. The summed E-state index contributed by atoms with van der Waals surface area (Å²) >= 11 is 1.31. The number of nitrogens with one attached hydrogen (secondary N) is 1. The molecule has 0 saturated carbocycles. The Kier molecular flexibility index (Phi) is 4.81. The molecule has 0 spiro atoms. The largest absolute Gasteiger partial charge is 0.491 e. The SMILES string of the molecule is CC(C)Oc1ccc(C(=O)Nc2nnc(-c3ccncc3)s2)cc1. The number of carbonyl (C=O) groups excluding carboxylic acids is 1. The molecule has 0 unspecified atom stereocenters. The van der Waals surface area contributed by atoms with E-state index in [0.717, 1.165) is 16.3 Å². The third-order valence-electron chi connectivity index (χ3n) is 3.06. The van der Waals surface area contributed by atoms with Crippen molar-refractivity contribution in [3.63, 3.8) is 0 Å². The van der Waals surface area contributed by atoms with E-state index in [1.807, 2.05) is 26.0 Å². The Morgan fingerprint density at radius 3 is 2.46 bits per heavy atom. The molecule has 0 saturated heterocycles. The molecule has 1 N–H and O–H groups in total. The number of benzene rings is 1. The zero-order valence-corrected chi connectivity index (χ0v) is 14.1. The molecule has 24 heavy (non-hydrogen) atoms. The van der Waals surface area contributed by atoms with E-state index in [4.69, 9.17) is 4.74 Å². The molecule has 1 aromatic carbocycles. The highest BCUT2D eigenvalue weighted by atomic mass is 32.1. The number of hydrogen-bond donors (Lipinski definition) is 1. The maximum absolute atomic E-state index is 12.3. The first-order valence-electron chi connectivity index (χ1n) is 7.44. The molecular formula is C17H16N4O2S. The van der Waals surface area contributed by atoms with Crippen molar-refractivity contribution in [2.75, 3.05) is 5.32 Å². The first-order chi connectivity index (χ1) is 11.6. The molecule has 6 nitrogen and oxygen atoms in total. The normalized spacial score (nSPS) is 10.6. The molecule has 3 rings (SSSR count). The summed E-state index contributed by atoms with van der Waals surface area (Å²) in [6.07, 6.45) is 3.48. The summed E-state index contributed by atoms with van der Waals surface area (Å²) in [7, 11) is 0. The number of ether oxygens (including phenoxy) is 1. The number of anilines is 1. The lowest BCUT2D eigenvalue weighted by Crippen LogP contribution is -2.12. The van der Waals surface area contributed by atoms with Crippen molar-refractivity contribution in [3.8, 4) is 16.3 Å². The second-order valence-electron chi connectivity index (χ2n) is 5.29. The first kappa shape index (κ1) is 16.1. The molecule has 0 aliphatic carbocycles. The number of rotatable bonds is 5. The van der Waals surface area contributed by atoms with Gasteiger partial charge in [0.25, 0.3) is 5.91 Å². The first-order valence-corrected chi connectivity index (χ1v) is 8.25. The summed E-state index contributed by atoms with van der Waals surface area (Å²) in [6.45, 7) is 3.91. The molecule has 2 aromatic heterocycles. The fourth-order valence-corrected chi connectivity index (χ4v) is 2.76. The number of pyridine rings is 1. The van der Waals surface area contributed by atoms with Crippen LogP contribution in [0.1, 0.15) is 24.2 Å². The second-order valence-corrected chi connectivity index (χ2v) is 6.27. The Morgan fingerprint density at radius 1 is 1.08 bits per heavy atom. The molecule has 3 aromatic rings. The summed E-state index contributed by atoms with van der Waals surface area (Å²) in [5.74, 6) is 0.501. The number of aromatic nitrogens is 3. The van der Waals surface area contributed by atoms with Crippen LogP contribution in [0.2, 0.25) is 0 Å². The average molecular weight is 340 g/mol. The van der Waals surface area contributed by atoms with Gasteiger partial charge in [-0.2, -0.15) is 0 Å². The van der Waals surface area contributed by atoms with Crippen molar-refractivity contribution < 1.29 is 9.53 Å². The summed E-state index contributed by atoms with van der Waals surface area (Å²) in [5, 5.41) is 12.0. The van der Waals surface area contributed by atoms with Gasteiger partial charge in [-0.3, -0.25) is 15.1 Å². The number of amides is 1. The zero-order valence-electron chi connectivity index (χ0n) is 13.3. The van der Waals surface area contributed by atoms with Crippen molar-refractivity contribution in [2.24, 2.45) is 0 Å². The van der Waals surface area contributed by atoms with Crippen LogP contribution in [0.5, 0.6) is 5.75 Å². The van der Waals surface area contributed by atoms with Gasteiger partial charge in [0.05, 0.1) is 6.10 Å². The predicted molar refractivity (Wildman–Crippen MR) is 93.3 cm³/mol. The molecular weight excluding hydrogens is 324 g/mol. The lowest BCUT2D eigenvalue weighted by Gasteiger charge is -2.09. The Labute approximate surface area is 143 Å². The minimum absolute atomic E-state index is 0.0951. The summed E-state index contributed by atoms with van der Waals surface area (Å²) < 4.78 is 5.56. The Morgan fingerprint density at radius 2 is 1.79 bits per heavy atom. The van der Waals surface area contributed by atoms with Crippen LogP contribution >= 0.6 is 11.3 Å². The Bertz CT molecular complexity index is 816. The van der Waals surface area contributed by atoms with Crippen LogP contribution in [0.25, 0.3) is 10.6 Å². The van der Waals surface area contributed by atoms with Crippen LogP contribution in [0.4, 0.5) is 5.13 Å². The van der Waals surface area contributed by atoms with Crippen LogP contribution in [0.15, 0.2) is 48.8 Å². The number of nitrogens with zero attached hydrogens (tertiary/aromatic N) is 3. The highest BCUT2D eigenvalue weighted by Gasteiger charge is 2.11. The topological polar surface area (TPSA) is 77.0 Å². The van der Waals surface area contributed by atoms with Gasteiger partial charge in [-0.15, -0.1) is 10.2 Å². The standard InChI is InChI=1S/C17H16N4O2S/c1-11(2)23-14-5-3-12(4-6-14)15(22)19-17-21-20-16(24-17)13-7-9-18-10-8-13/h3-11H,1-2H3,(H,19,21,22). The molecule has 0 fully saturated rings. The smallest absolute Gasteiger partial charge is 0.257 e. The van der Waals surface area contributed by atoms with Crippen molar-refractivity contribution in [2.45, 2.75) is 20.0 Å². The van der Waals surface area contributed by atoms with Gasteiger partial charge in [-0.1, -0.05) is 11.3 Å². The van der Waals surface area contributed by atoms with E-state index < -0.39 is 0 Å². The van der Waals surface area contributed by atoms with Gasteiger partial charge < -0.3 is 4.74 Å². The summed E-state index contributed by atoms with van der Waals surface area (Å²) in [4.78, 5) is 16.2. The maximum atomic E-state index is 12.3. The fourth-order valence-electron chi connectivity index (χ4n) is 2.01. The molecule has 0 radical (unpaired) electrons. The Balaban J connectivity index is 1.68. The van der Waals surface area contributed by atoms with Crippen molar-refractivity contribution in [1.29, 1.82) is 0 Å². The highest BCUT2D eigenvalue weighted by Crippen LogP contribution is 2.26. The van der Waals surface area contributed by atoms with Gasteiger partial charge in [0.2, 0.25) is 5.13 Å². The quantitative estimate of drug-likeness (QED) is 0.767. The second kappa shape index (κ2) is 7.18. The van der Waals surface area contributed by atoms with E-state index in [9.17, 15) is 4.79 Å². The zero-order chi connectivity index (χ0) is 16.9. The van der Waals surface area contributed by atoms with E-state index in [-0.39, 0.29) is 12.0 Å². The van der Waals surface area contributed by atoms with E-state index in [1.54, 1.807) is 36.7 Å². The predicted octanol–water partition coefficient (Wildman–Crippen LogP) is 3.64. The lowest BCUT2D eigenvalue weighted by atomic mass is 10.2. The van der Waals surface area contributed by atoms with Crippen LogP contribution < -0.4 is 10.1 Å². The minimum atomic E-state index is -0.233. The highest BCUT2D eigenvalue weighted by molar-refractivity contribution is 7.18. The molecule has 0 bridgehead atoms. The lowest BCUT2D eigenvalue weighted by molar-refractivity contribution is 0.102. The minimum Gasteiger partial charge on any atom is -0.491 e. The maximum Gasteiger partial charge on any atom is 0.257 e. The van der Waals surface area contributed by atoms with Crippen molar-refractivity contribution >= 4 is 22.4 Å². The van der Waals surface area contributed by atoms with Gasteiger partial charge in [0, 0.05) is 23.5 Å². The fraction of sp³-hybridized carbons (Fsp3) is 0.176. The van der Waals surface area contributed by atoms with Gasteiger partial charge in [0.15, 0.2) is 0 Å². The van der Waals surface area contributed by atoms with Crippen LogP contribution in [0, 0.1) is 0 Å². The molecule has 0 aliphatic rings. The monoisotopic (exact) mass is 340 g/mol. The molecule has 0 aliphatic heterocycles. The van der Waals surface area contributed by atoms with E-state index in [2.05, 4.69) is 20.5 Å². The van der Waals surface area contributed by atoms with Crippen LogP contribution in [-0.2, 0) is 0 Å². The van der Waals surface area contributed by atoms with E-state index in [1.165, 1.54) is 11.3 Å². The van der Waals surface area contributed by atoms with Crippen molar-refractivity contribution in [1.82, 2.24) is 15.2 Å². The molecule has 2 heterocycles. The number of carbonyl (C=O) groups is 1.